The van der Waals surface area contributed by atoms with Crippen LogP contribution in [0.1, 0.15) is 32.8 Å². The largest absolute Gasteiger partial charge is 0.444 e. The molecule has 9 nitrogen and oxygen atoms in total. The van der Waals surface area contributed by atoms with Crippen LogP contribution in [0.25, 0.3) is 16.5 Å². The van der Waals surface area contributed by atoms with Crippen molar-refractivity contribution in [3.05, 3.63) is 64.5 Å². The van der Waals surface area contributed by atoms with E-state index in [9.17, 15) is 14.9 Å². The van der Waals surface area contributed by atoms with E-state index in [-0.39, 0.29) is 11.8 Å². The monoisotopic (exact) mass is 435 g/mol. The van der Waals surface area contributed by atoms with Crippen LogP contribution < -0.4 is 5.32 Å². The number of anilines is 2. The number of H-pyrrole nitrogens is 1. The maximum Gasteiger partial charge on any atom is 0.410 e. The number of carbonyl (C=O) groups is 1. The number of amides is 1. The van der Waals surface area contributed by atoms with Crippen LogP contribution >= 0.6 is 0 Å². The average Bonchev–Trinajstić information content (AvgIpc) is 3.16. The first-order chi connectivity index (χ1) is 15.2. The molecule has 0 spiro atoms. The minimum Gasteiger partial charge on any atom is -0.444 e. The molecular weight excluding hydrogens is 410 g/mol. The Balaban J connectivity index is 1.52. The molecule has 0 atom stereocenters. The Bertz CT molecular complexity index is 1190. The normalized spacial score (nSPS) is 14.2. The first kappa shape index (κ1) is 21.4. The number of ether oxygens (including phenoxy) is 1. The zero-order valence-electron chi connectivity index (χ0n) is 18.2. The Morgan fingerprint density at radius 3 is 2.72 bits per heavy atom. The van der Waals surface area contributed by atoms with Crippen molar-refractivity contribution in [2.75, 3.05) is 18.4 Å². The predicted molar refractivity (Wildman–Crippen MR) is 123 cm³/mol. The molecule has 0 saturated heterocycles. The van der Waals surface area contributed by atoms with Gasteiger partial charge in [0.1, 0.15) is 17.6 Å². The van der Waals surface area contributed by atoms with E-state index >= 15 is 0 Å². The van der Waals surface area contributed by atoms with Gasteiger partial charge < -0.3 is 19.9 Å². The van der Waals surface area contributed by atoms with Gasteiger partial charge in [-0.3, -0.25) is 10.1 Å². The summed E-state index contributed by atoms with van der Waals surface area (Å²) in [4.78, 5) is 31.7. The summed E-state index contributed by atoms with van der Waals surface area (Å²) < 4.78 is 5.47. The number of benzene rings is 1. The number of hydrogen-bond acceptors (Lipinski definition) is 6. The molecule has 1 amide bonds. The first-order valence-corrected chi connectivity index (χ1v) is 10.4. The van der Waals surface area contributed by atoms with Gasteiger partial charge in [-0.15, -0.1) is 0 Å². The predicted octanol–water partition coefficient (Wildman–Crippen LogP) is 5.24. The van der Waals surface area contributed by atoms with Gasteiger partial charge in [-0.1, -0.05) is 6.08 Å². The summed E-state index contributed by atoms with van der Waals surface area (Å²) in [5, 5.41) is 15.0. The molecule has 166 valence electrons. The Hall–Kier alpha value is -3.88. The highest BCUT2D eigenvalue weighted by Crippen LogP contribution is 2.32. The molecule has 3 heterocycles. The van der Waals surface area contributed by atoms with E-state index in [1.54, 1.807) is 11.0 Å². The minimum absolute atomic E-state index is 0.0522. The number of nitro groups is 1. The Morgan fingerprint density at radius 1 is 1.28 bits per heavy atom. The van der Waals surface area contributed by atoms with Crippen LogP contribution in [-0.4, -0.2) is 44.6 Å². The quantitative estimate of drug-likeness (QED) is 0.428. The third-order valence-electron chi connectivity index (χ3n) is 5.12. The molecule has 3 aromatic rings. The van der Waals surface area contributed by atoms with Crippen molar-refractivity contribution < 1.29 is 14.5 Å². The number of rotatable bonds is 4. The van der Waals surface area contributed by atoms with E-state index in [1.807, 2.05) is 45.2 Å². The summed E-state index contributed by atoms with van der Waals surface area (Å²) >= 11 is 0. The highest BCUT2D eigenvalue weighted by molar-refractivity contribution is 5.95. The van der Waals surface area contributed by atoms with Gasteiger partial charge in [0.25, 0.3) is 5.69 Å². The topological polar surface area (TPSA) is 113 Å². The molecule has 2 aromatic heterocycles. The zero-order chi connectivity index (χ0) is 22.9. The number of nitrogens with zero attached hydrogens (tertiary/aromatic N) is 3. The van der Waals surface area contributed by atoms with Crippen LogP contribution in [0.2, 0.25) is 0 Å². The van der Waals surface area contributed by atoms with Crippen LogP contribution in [0.4, 0.5) is 22.0 Å². The van der Waals surface area contributed by atoms with Crippen LogP contribution in [0.15, 0.2) is 48.8 Å². The van der Waals surface area contributed by atoms with Gasteiger partial charge >= 0.3 is 6.09 Å². The van der Waals surface area contributed by atoms with E-state index in [4.69, 9.17) is 4.74 Å². The van der Waals surface area contributed by atoms with Gasteiger partial charge in [-0.05, 0) is 57.0 Å². The molecule has 0 fully saturated rings. The fraction of sp³-hybridized carbons (Fsp3) is 0.304. The van der Waals surface area contributed by atoms with Gasteiger partial charge in [0, 0.05) is 47.5 Å². The highest BCUT2D eigenvalue weighted by atomic mass is 16.6. The minimum atomic E-state index is -0.514. The van der Waals surface area contributed by atoms with Crippen LogP contribution in [-0.2, 0) is 4.74 Å². The average molecular weight is 435 g/mol. The van der Waals surface area contributed by atoms with Gasteiger partial charge in [0.15, 0.2) is 0 Å². The van der Waals surface area contributed by atoms with E-state index in [1.165, 1.54) is 17.8 Å². The third-order valence-corrected chi connectivity index (χ3v) is 5.12. The highest BCUT2D eigenvalue weighted by Gasteiger charge is 2.24. The lowest BCUT2D eigenvalue weighted by Crippen LogP contribution is -2.39. The number of aromatic nitrogens is 2. The van der Waals surface area contributed by atoms with Crippen molar-refractivity contribution in [3.63, 3.8) is 0 Å². The van der Waals surface area contributed by atoms with E-state index in [0.29, 0.717) is 18.9 Å². The lowest BCUT2D eigenvalue weighted by atomic mass is 9.99. The molecule has 0 saturated carbocycles. The fourth-order valence-electron chi connectivity index (χ4n) is 3.59. The lowest BCUT2D eigenvalue weighted by Gasteiger charge is -2.29. The smallest absolute Gasteiger partial charge is 0.410 e. The standard InChI is InChI=1S/C23H25N5O4/c1-23(2,3)32-22(29)27-10-8-15(9-11-27)19-14-24-20-6-4-16(12-18(19)20)26-21-7-5-17(13-25-21)28(30)31/h4-8,12-14,24H,9-11H2,1-3H3,(H,25,26). The third kappa shape index (κ3) is 4.72. The van der Waals surface area contributed by atoms with Gasteiger partial charge in [-0.2, -0.15) is 0 Å². The first-order valence-electron chi connectivity index (χ1n) is 10.4. The number of carbonyl (C=O) groups excluding carboxylic acids is 1. The number of hydrogen-bond donors (Lipinski definition) is 2. The summed E-state index contributed by atoms with van der Waals surface area (Å²) in [5.74, 6) is 0.525. The summed E-state index contributed by atoms with van der Waals surface area (Å²) in [6.45, 7) is 6.68. The Kier molecular flexibility index (Phi) is 5.56. The fourth-order valence-corrected chi connectivity index (χ4v) is 3.59. The number of fused-ring (bicyclic) bond motifs is 1. The summed E-state index contributed by atoms with van der Waals surface area (Å²) in [5.41, 5.74) is 3.51. The van der Waals surface area contributed by atoms with Crippen molar-refractivity contribution >= 4 is 39.8 Å². The van der Waals surface area contributed by atoms with Crippen LogP contribution in [0.3, 0.4) is 0 Å². The molecule has 0 unspecified atom stereocenters. The van der Waals surface area contributed by atoms with E-state index < -0.39 is 10.5 Å². The Morgan fingerprint density at radius 2 is 2.09 bits per heavy atom. The molecule has 1 aliphatic heterocycles. The molecule has 4 rings (SSSR count). The summed E-state index contributed by atoms with van der Waals surface area (Å²) in [6, 6.07) is 8.91. The SMILES string of the molecule is CC(C)(C)OC(=O)N1CC=C(c2c[nH]c3ccc(Nc4ccc([N+](=O)[O-])cn4)cc23)CC1. The van der Waals surface area contributed by atoms with Gasteiger partial charge in [-0.25, -0.2) is 9.78 Å². The number of pyridine rings is 1. The van der Waals surface area contributed by atoms with Crippen LogP contribution in [0.5, 0.6) is 0 Å². The van der Waals surface area contributed by atoms with Crippen LogP contribution in [0, 0.1) is 10.1 Å². The van der Waals surface area contributed by atoms with Crippen molar-refractivity contribution in [3.8, 4) is 0 Å². The maximum atomic E-state index is 12.3. The molecule has 32 heavy (non-hydrogen) atoms. The van der Waals surface area contributed by atoms with E-state index in [0.717, 1.165) is 28.6 Å². The summed E-state index contributed by atoms with van der Waals surface area (Å²) in [7, 11) is 0. The number of nitrogens with one attached hydrogen (secondary N) is 2. The molecule has 0 aliphatic carbocycles. The Labute approximate surface area is 185 Å². The summed E-state index contributed by atoms with van der Waals surface area (Å²) in [6.07, 6.45) is 5.70. The second kappa shape index (κ2) is 8.33. The van der Waals surface area contributed by atoms with Crippen molar-refractivity contribution in [1.82, 2.24) is 14.9 Å². The molecule has 1 aliphatic rings. The van der Waals surface area contributed by atoms with Crippen molar-refractivity contribution in [2.45, 2.75) is 32.8 Å². The van der Waals surface area contributed by atoms with E-state index in [2.05, 4.69) is 21.4 Å². The van der Waals surface area contributed by atoms with Gasteiger partial charge in [0.2, 0.25) is 0 Å². The zero-order valence-corrected chi connectivity index (χ0v) is 18.2. The number of aromatic amines is 1. The maximum absolute atomic E-state index is 12.3. The molecule has 0 radical (unpaired) electrons. The second-order valence-electron chi connectivity index (χ2n) is 8.65. The molecular formula is C23H25N5O4. The van der Waals surface area contributed by atoms with Crippen molar-refractivity contribution in [1.29, 1.82) is 0 Å². The van der Waals surface area contributed by atoms with Crippen molar-refractivity contribution in [2.24, 2.45) is 0 Å². The molecule has 0 bridgehead atoms. The second-order valence-corrected chi connectivity index (χ2v) is 8.65. The van der Waals surface area contributed by atoms with Gasteiger partial charge in [0.05, 0.1) is 4.92 Å². The lowest BCUT2D eigenvalue weighted by molar-refractivity contribution is -0.385. The molecule has 2 N–H and O–H groups in total. The molecule has 1 aromatic carbocycles. The molecule has 9 heteroatoms.